The Morgan fingerprint density at radius 2 is 1.67 bits per heavy atom. The van der Waals surface area contributed by atoms with Crippen LogP contribution in [-0.4, -0.2) is 5.97 Å². The third kappa shape index (κ3) is 13500. The zero-order valence-corrected chi connectivity index (χ0v) is 4.14. The van der Waals surface area contributed by atoms with Gasteiger partial charge in [-0.2, -0.15) is 0 Å². The third-order valence-electron chi connectivity index (χ3n) is 0. The van der Waals surface area contributed by atoms with Crippen LogP contribution in [0.3, 0.4) is 0 Å². The first-order valence-electron chi connectivity index (χ1n) is 0.908. The van der Waals surface area contributed by atoms with Crippen molar-refractivity contribution >= 4 is 5.97 Å². The first-order valence-corrected chi connectivity index (χ1v) is 0.908. The monoisotopic (exact) mass is 138 g/mol. The third-order valence-corrected chi connectivity index (χ3v) is 0. The molecule has 41 valence electrons. The summed E-state index contributed by atoms with van der Waals surface area (Å²) in [6, 6.07) is 0. The number of carbonyl (C=O) groups excluding carboxylic acids is 1. The van der Waals surface area contributed by atoms with Gasteiger partial charge < -0.3 is 16.1 Å². The van der Waals surface area contributed by atoms with E-state index in [1.807, 2.05) is 0 Å². The van der Waals surface area contributed by atoms with Crippen LogP contribution in [0.4, 0.5) is 0 Å². The van der Waals surface area contributed by atoms with E-state index in [2.05, 4.69) is 0 Å². The van der Waals surface area contributed by atoms with Crippen molar-refractivity contribution in [2.24, 2.45) is 0 Å². The summed E-state index contributed by atoms with van der Waals surface area (Å²) in [6.45, 7) is 0.972. The Bertz CT molecular complexity index is 34.5. The second kappa shape index (κ2) is 8.87. The SMILES string of the molecule is CC(=O)[O-].[Cu+2].[NH2-]. The summed E-state index contributed by atoms with van der Waals surface area (Å²) in [5.41, 5.74) is 0. The van der Waals surface area contributed by atoms with Gasteiger partial charge in [-0.1, -0.05) is 0 Å². The molecule has 6 heavy (non-hydrogen) atoms. The molecule has 0 atom stereocenters. The van der Waals surface area contributed by atoms with Crippen molar-refractivity contribution in [1.82, 2.24) is 0 Å². The molecule has 0 spiro atoms. The molecule has 0 aliphatic heterocycles. The van der Waals surface area contributed by atoms with Gasteiger partial charge in [-0.05, 0) is 6.92 Å². The van der Waals surface area contributed by atoms with Crippen LogP contribution in [0.15, 0.2) is 0 Å². The predicted molar refractivity (Wildman–Crippen MR) is 16.0 cm³/mol. The number of carboxylic acid groups (broad SMARTS) is 1. The molecule has 0 fully saturated rings. The minimum Gasteiger partial charge on any atom is -0.693 e. The van der Waals surface area contributed by atoms with E-state index in [0.717, 1.165) is 6.92 Å². The Kier molecular flexibility index (Phi) is 24.8. The minimum atomic E-state index is -1.08. The fourth-order valence-electron chi connectivity index (χ4n) is 0. The second-order valence-corrected chi connectivity index (χ2v) is 0.492. The van der Waals surface area contributed by atoms with Gasteiger partial charge in [0, 0.05) is 5.97 Å². The van der Waals surface area contributed by atoms with Gasteiger partial charge >= 0.3 is 17.1 Å². The molecule has 0 amide bonds. The Hall–Kier alpha value is -0.0505. The molecule has 0 rings (SSSR count). The maximum absolute atomic E-state index is 8.89. The number of hydrogen-bond acceptors (Lipinski definition) is 2. The molecule has 0 saturated carbocycles. The van der Waals surface area contributed by atoms with Gasteiger partial charge in [-0.25, -0.2) is 0 Å². The Labute approximate surface area is 46.8 Å². The van der Waals surface area contributed by atoms with E-state index >= 15 is 0 Å². The van der Waals surface area contributed by atoms with E-state index in [0.29, 0.717) is 0 Å². The maximum atomic E-state index is 8.89. The fraction of sp³-hybridized carbons (Fsp3) is 0.500. The molecule has 2 N–H and O–H groups in total. The molecule has 0 unspecified atom stereocenters. The molecular weight excluding hydrogens is 134 g/mol. The van der Waals surface area contributed by atoms with Gasteiger partial charge in [-0.15, -0.1) is 0 Å². The number of aliphatic carboxylic acids is 1. The summed E-state index contributed by atoms with van der Waals surface area (Å²) < 4.78 is 0. The van der Waals surface area contributed by atoms with Crippen LogP contribution in [-0.2, 0) is 21.9 Å². The summed E-state index contributed by atoms with van der Waals surface area (Å²) in [5.74, 6) is -1.08. The quantitative estimate of drug-likeness (QED) is 0.422. The normalized spacial score (nSPS) is 4.17. The standard InChI is InChI=1S/C2H4O2.Cu.H2N/c1-2(3)4;;/h1H3,(H,3,4);;1H2/q;+2;-1/p-1. The first kappa shape index (κ1) is 16.8. The van der Waals surface area contributed by atoms with E-state index in [1.54, 1.807) is 0 Å². The molecule has 4 heteroatoms. The number of hydrogen-bond donors (Lipinski definition) is 0. The summed E-state index contributed by atoms with van der Waals surface area (Å²) >= 11 is 0. The van der Waals surface area contributed by atoms with Gasteiger partial charge in [0.2, 0.25) is 0 Å². The van der Waals surface area contributed by atoms with Crippen molar-refractivity contribution in [3.8, 4) is 0 Å². The van der Waals surface area contributed by atoms with Crippen LogP contribution >= 0.6 is 0 Å². The molecule has 0 heterocycles. The molecule has 1 radical (unpaired) electrons. The van der Waals surface area contributed by atoms with Crippen LogP contribution < -0.4 is 5.11 Å². The largest absolute Gasteiger partial charge is 2.00 e. The van der Waals surface area contributed by atoms with E-state index in [4.69, 9.17) is 9.90 Å². The maximum Gasteiger partial charge on any atom is 2.00 e. The topological polar surface area (TPSA) is 73.6 Å². The van der Waals surface area contributed by atoms with Gasteiger partial charge in [0.1, 0.15) is 0 Å². The molecule has 0 saturated heterocycles. The minimum absolute atomic E-state index is 0. The molecule has 0 aromatic heterocycles. The van der Waals surface area contributed by atoms with Crippen LogP contribution in [0.5, 0.6) is 0 Å². The first-order chi connectivity index (χ1) is 1.73. The summed E-state index contributed by atoms with van der Waals surface area (Å²) in [4.78, 5) is 8.89. The zero-order chi connectivity index (χ0) is 3.58. The van der Waals surface area contributed by atoms with Crippen LogP contribution in [0.2, 0.25) is 0 Å². The van der Waals surface area contributed by atoms with Crippen molar-refractivity contribution in [2.45, 2.75) is 6.92 Å². The number of carboxylic acids is 1. The van der Waals surface area contributed by atoms with Crippen molar-refractivity contribution in [3.63, 3.8) is 0 Å². The molecule has 0 aliphatic rings. The van der Waals surface area contributed by atoms with E-state index < -0.39 is 5.97 Å². The van der Waals surface area contributed by atoms with Crippen LogP contribution in [0.25, 0.3) is 6.15 Å². The summed E-state index contributed by atoms with van der Waals surface area (Å²) in [5, 5.41) is 8.89. The molecular formula is C2H5CuNO2. The van der Waals surface area contributed by atoms with Gasteiger partial charge in [0.25, 0.3) is 0 Å². The average molecular weight is 139 g/mol. The van der Waals surface area contributed by atoms with Crippen LogP contribution in [0.1, 0.15) is 6.92 Å². The summed E-state index contributed by atoms with van der Waals surface area (Å²) in [7, 11) is 0. The van der Waals surface area contributed by atoms with Crippen molar-refractivity contribution in [2.75, 3.05) is 0 Å². The molecule has 0 bridgehead atoms. The van der Waals surface area contributed by atoms with Gasteiger partial charge in [0.05, 0.1) is 0 Å². The second-order valence-electron chi connectivity index (χ2n) is 0.492. The molecule has 3 nitrogen and oxygen atoms in total. The smallest absolute Gasteiger partial charge is 0.693 e. The van der Waals surface area contributed by atoms with Gasteiger partial charge in [0.15, 0.2) is 0 Å². The van der Waals surface area contributed by atoms with Crippen molar-refractivity contribution in [1.29, 1.82) is 0 Å². The van der Waals surface area contributed by atoms with Gasteiger partial charge in [-0.3, -0.25) is 0 Å². The Morgan fingerprint density at radius 1 is 1.67 bits per heavy atom. The summed E-state index contributed by atoms with van der Waals surface area (Å²) in [6.07, 6.45) is 0. The molecule has 0 aromatic carbocycles. The van der Waals surface area contributed by atoms with E-state index in [9.17, 15) is 0 Å². The zero-order valence-electron chi connectivity index (χ0n) is 3.20. The average Bonchev–Trinajstić information content (AvgIpc) is 0.811. The number of rotatable bonds is 0. The van der Waals surface area contributed by atoms with E-state index in [1.165, 1.54) is 0 Å². The fourth-order valence-corrected chi connectivity index (χ4v) is 0. The van der Waals surface area contributed by atoms with Crippen molar-refractivity contribution < 1.29 is 27.0 Å². The van der Waals surface area contributed by atoms with Crippen molar-refractivity contribution in [3.05, 3.63) is 6.15 Å². The number of carbonyl (C=O) groups is 1. The molecule has 0 aliphatic carbocycles. The Balaban J connectivity index is -0.0000000450. The van der Waals surface area contributed by atoms with E-state index in [-0.39, 0.29) is 23.2 Å². The van der Waals surface area contributed by atoms with Crippen LogP contribution in [0, 0.1) is 0 Å². The predicted octanol–water partition coefficient (Wildman–Crippen LogP) is -0.529. The number of nitrogens with two attached hydrogens (primary N) is 1. The molecule has 0 aromatic rings. The Morgan fingerprint density at radius 3 is 1.67 bits per heavy atom.